The molecule has 0 atom stereocenters. The normalized spacial score (nSPS) is 17.8. The molecule has 8 nitrogen and oxygen atoms in total. The van der Waals surface area contributed by atoms with Crippen molar-refractivity contribution in [2.75, 3.05) is 57.4 Å². The van der Waals surface area contributed by atoms with Crippen molar-refractivity contribution in [1.82, 2.24) is 14.2 Å². The predicted octanol–water partition coefficient (Wildman–Crippen LogP) is 4.41. The molecule has 3 heterocycles. The van der Waals surface area contributed by atoms with Gasteiger partial charge in [0.1, 0.15) is 0 Å². The molecule has 2 aromatic carbocycles. The van der Waals surface area contributed by atoms with Gasteiger partial charge in [-0.1, -0.05) is 29.4 Å². The van der Waals surface area contributed by atoms with Gasteiger partial charge < -0.3 is 4.74 Å². The molecule has 0 aliphatic carbocycles. The summed E-state index contributed by atoms with van der Waals surface area (Å²) in [6.07, 6.45) is 2.80. The smallest absolute Gasteiger partial charge is 0.260 e. The number of aromatic nitrogens is 1. The van der Waals surface area contributed by atoms with Gasteiger partial charge in [-0.15, -0.1) is 0 Å². The molecule has 5 rings (SSSR count). The Balaban J connectivity index is 1.42. The second-order valence-corrected chi connectivity index (χ2v) is 12.8. The van der Waals surface area contributed by atoms with E-state index in [2.05, 4.69) is 4.90 Å². The number of benzene rings is 2. The van der Waals surface area contributed by atoms with E-state index in [0.717, 1.165) is 48.1 Å². The first-order valence-corrected chi connectivity index (χ1v) is 15.3. The van der Waals surface area contributed by atoms with Crippen molar-refractivity contribution in [3.8, 4) is 0 Å². The van der Waals surface area contributed by atoms with Crippen molar-refractivity contribution in [3.63, 3.8) is 0 Å². The van der Waals surface area contributed by atoms with E-state index < -0.39 is 10.0 Å². The number of anilines is 1. The predicted molar refractivity (Wildman–Crippen MR) is 147 cm³/mol. The zero-order valence-electron chi connectivity index (χ0n) is 20.9. The van der Waals surface area contributed by atoms with Crippen LogP contribution in [0.5, 0.6) is 0 Å². The van der Waals surface area contributed by atoms with Gasteiger partial charge >= 0.3 is 0 Å². The number of piperidine rings is 1. The average molecular weight is 563 g/mol. The van der Waals surface area contributed by atoms with Gasteiger partial charge in [0, 0.05) is 49.9 Å². The Hall–Kier alpha value is -2.08. The monoisotopic (exact) mass is 562 g/mol. The Bertz CT molecular complexity index is 1370. The first-order chi connectivity index (χ1) is 17.8. The number of rotatable bonds is 7. The molecule has 1 aromatic heterocycles. The Kier molecular flexibility index (Phi) is 8.13. The number of ether oxygens (including phenoxy) is 1. The van der Waals surface area contributed by atoms with Crippen LogP contribution in [-0.4, -0.2) is 81.0 Å². The van der Waals surface area contributed by atoms with E-state index in [-0.39, 0.29) is 10.8 Å². The topological polar surface area (TPSA) is 83.0 Å². The molecule has 37 heavy (non-hydrogen) atoms. The van der Waals surface area contributed by atoms with Crippen LogP contribution >= 0.6 is 22.9 Å². The van der Waals surface area contributed by atoms with Crippen LogP contribution in [0.2, 0.25) is 5.02 Å². The highest BCUT2D eigenvalue weighted by atomic mass is 35.5. The number of sulfonamides is 1. The molecule has 2 fully saturated rings. The van der Waals surface area contributed by atoms with Crippen LogP contribution in [0.3, 0.4) is 0 Å². The van der Waals surface area contributed by atoms with Gasteiger partial charge in [0.05, 0.1) is 28.3 Å². The van der Waals surface area contributed by atoms with Gasteiger partial charge in [-0.2, -0.15) is 4.31 Å². The number of hydrogen-bond acceptors (Lipinski definition) is 7. The van der Waals surface area contributed by atoms with Gasteiger partial charge in [0.25, 0.3) is 5.91 Å². The number of halogens is 1. The lowest BCUT2D eigenvalue weighted by Gasteiger charge is -2.29. The second-order valence-electron chi connectivity index (χ2n) is 9.47. The first kappa shape index (κ1) is 26.5. The lowest BCUT2D eigenvalue weighted by molar-refractivity contribution is 0.0391. The van der Waals surface area contributed by atoms with Crippen LogP contribution in [0.15, 0.2) is 41.3 Å². The van der Waals surface area contributed by atoms with Crippen LogP contribution in [0.25, 0.3) is 10.2 Å². The highest BCUT2D eigenvalue weighted by Crippen LogP contribution is 2.34. The summed E-state index contributed by atoms with van der Waals surface area (Å²) in [6.45, 7) is 7.18. The molecule has 11 heteroatoms. The van der Waals surface area contributed by atoms with Crippen LogP contribution in [-0.2, 0) is 14.8 Å². The number of amides is 1. The van der Waals surface area contributed by atoms with Gasteiger partial charge in [0.2, 0.25) is 10.0 Å². The van der Waals surface area contributed by atoms with Gasteiger partial charge in [0.15, 0.2) is 5.13 Å². The summed E-state index contributed by atoms with van der Waals surface area (Å²) in [5.74, 6) is -0.210. The van der Waals surface area contributed by atoms with Crippen molar-refractivity contribution in [3.05, 3.63) is 52.5 Å². The van der Waals surface area contributed by atoms with E-state index in [0.29, 0.717) is 55.1 Å². The van der Waals surface area contributed by atoms with Gasteiger partial charge in [-0.25, -0.2) is 13.4 Å². The highest BCUT2D eigenvalue weighted by Gasteiger charge is 2.27. The summed E-state index contributed by atoms with van der Waals surface area (Å²) in [6, 6.07) is 10.0. The van der Waals surface area contributed by atoms with Crippen molar-refractivity contribution in [2.45, 2.75) is 31.1 Å². The molecule has 2 aliphatic heterocycles. The molecule has 0 N–H and O–H groups in total. The summed E-state index contributed by atoms with van der Waals surface area (Å²) in [5.41, 5.74) is 2.21. The second kappa shape index (κ2) is 11.3. The molecule has 0 saturated carbocycles. The Morgan fingerprint density at radius 3 is 2.49 bits per heavy atom. The molecule has 0 radical (unpaired) electrons. The minimum absolute atomic E-state index is 0.210. The van der Waals surface area contributed by atoms with E-state index >= 15 is 0 Å². The lowest BCUT2D eigenvalue weighted by Crippen LogP contribution is -2.43. The summed E-state index contributed by atoms with van der Waals surface area (Å²) < 4.78 is 34.0. The van der Waals surface area contributed by atoms with Crippen LogP contribution < -0.4 is 4.90 Å². The molecule has 2 aliphatic rings. The van der Waals surface area contributed by atoms with E-state index in [9.17, 15) is 13.2 Å². The van der Waals surface area contributed by atoms with Crippen molar-refractivity contribution in [1.29, 1.82) is 0 Å². The van der Waals surface area contributed by atoms with E-state index in [1.165, 1.54) is 15.6 Å². The maximum atomic E-state index is 13.8. The van der Waals surface area contributed by atoms with E-state index in [4.69, 9.17) is 21.3 Å². The van der Waals surface area contributed by atoms with Crippen molar-refractivity contribution >= 4 is 54.2 Å². The molecule has 2 saturated heterocycles. The summed E-state index contributed by atoms with van der Waals surface area (Å²) in [5, 5.41) is 1.24. The number of nitrogens with zero attached hydrogens (tertiary/aromatic N) is 4. The number of thiazole rings is 1. The SMILES string of the molecule is Cc1cc(Cl)cc2sc(N(CCN3CCOCC3)C(=O)c3ccc(S(=O)(=O)N4CCCCC4)cc3)nc12. The Labute approximate surface area is 226 Å². The fraction of sp³-hybridized carbons (Fsp3) is 0.462. The van der Waals surface area contributed by atoms with E-state index in [1.807, 2.05) is 19.1 Å². The Morgan fingerprint density at radius 1 is 1.08 bits per heavy atom. The third-order valence-electron chi connectivity index (χ3n) is 6.91. The van der Waals surface area contributed by atoms with Gasteiger partial charge in [-0.3, -0.25) is 14.6 Å². The minimum atomic E-state index is -3.56. The molecule has 0 bridgehead atoms. The molecule has 198 valence electrons. The van der Waals surface area contributed by atoms with Crippen LogP contribution in [0.4, 0.5) is 5.13 Å². The summed E-state index contributed by atoms with van der Waals surface area (Å²) in [4.78, 5) is 22.8. The molecule has 0 spiro atoms. The minimum Gasteiger partial charge on any atom is -0.379 e. The lowest BCUT2D eigenvalue weighted by atomic mass is 10.2. The first-order valence-electron chi connectivity index (χ1n) is 12.6. The third-order valence-corrected chi connectivity index (χ3v) is 10.1. The van der Waals surface area contributed by atoms with Crippen LogP contribution in [0.1, 0.15) is 35.2 Å². The Morgan fingerprint density at radius 2 is 1.78 bits per heavy atom. The van der Waals surface area contributed by atoms with Crippen molar-refractivity contribution < 1.29 is 17.9 Å². The molecule has 0 unspecified atom stereocenters. The molecule has 1 amide bonds. The number of fused-ring (bicyclic) bond motifs is 1. The average Bonchev–Trinajstić information content (AvgIpc) is 3.34. The number of hydrogen-bond donors (Lipinski definition) is 0. The maximum Gasteiger partial charge on any atom is 0.260 e. The standard InChI is InChI=1S/C26H31ClN4O4S2/c1-19-17-21(27)18-23-24(19)28-26(36-23)31(12-11-29-13-15-35-16-14-29)25(32)20-5-7-22(8-6-20)37(33,34)30-9-3-2-4-10-30/h5-8,17-18H,2-4,9-16H2,1H3. The zero-order chi connectivity index (χ0) is 26.0. The fourth-order valence-corrected chi connectivity index (χ4v) is 7.75. The highest BCUT2D eigenvalue weighted by molar-refractivity contribution is 7.89. The van der Waals surface area contributed by atoms with E-state index in [1.54, 1.807) is 29.2 Å². The molecular formula is C26H31ClN4O4S2. The number of aryl methyl sites for hydroxylation is 1. The number of carbonyl (C=O) groups excluding carboxylic acids is 1. The zero-order valence-corrected chi connectivity index (χ0v) is 23.2. The van der Waals surface area contributed by atoms with Crippen LogP contribution in [0, 0.1) is 6.92 Å². The number of carbonyl (C=O) groups is 1. The largest absolute Gasteiger partial charge is 0.379 e. The molecule has 3 aromatic rings. The quantitative estimate of drug-likeness (QED) is 0.424. The fourth-order valence-electron chi connectivity index (χ4n) is 4.79. The molecular weight excluding hydrogens is 532 g/mol. The summed E-state index contributed by atoms with van der Waals surface area (Å²) in [7, 11) is -3.56. The maximum absolute atomic E-state index is 13.8. The summed E-state index contributed by atoms with van der Waals surface area (Å²) >= 11 is 7.70. The third kappa shape index (κ3) is 5.84. The van der Waals surface area contributed by atoms with Gasteiger partial charge in [-0.05, 0) is 61.7 Å². The number of morpholine rings is 1. The van der Waals surface area contributed by atoms with Crippen molar-refractivity contribution in [2.24, 2.45) is 0 Å².